The van der Waals surface area contributed by atoms with Crippen molar-refractivity contribution in [2.45, 2.75) is 20.3 Å². The Morgan fingerprint density at radius 1 is 1.37 bits per heavy atom. The van der Waals surface area contributed by atoms with Gasteiger partial charge in [-0.25, -0.2) is 9.97 Å². The molecule has 0 atom stereocenters. The van der Waals surface area contributed by atoms with Crippen LogP contribution in [-0.4, -0.2) is 37.9 Å². The summed E-state index contributed by atoms with van der Waals surface area (Å²) >= 11 is 0. The maximum absolute atomic E-state index is 5.38. The van der Waals surface area contributed by atoms with Crippen molar-refractivity contribution in [3.63, 3.8) is 0 Å². The first-order valence-corrected chi connectivity index (χ1v) is 6.24. The van der Waals surface area contributed by atoms with Gasteiger partial charge in [0.2, 0.25) is 11.8 Å². The predicted octanol–water partition coefficient (Wildman–Crippen LogP) is 0.967. The zero-order valence-electron chi connectivity index (χ0n) is 11.4. The first kappa shape index (κ1) is 13.3. The maximum Gasteiger partial charge on any atom is 0.226 e. The summed E-state index contributed by atoms with van der Waals surface area (Å²) in [7, 11) is 1.85. The van der Waals surface area contributed by atoms with Gasteiger partial charge in [-0.3, -0.25) is 4.68 Å². The maximum atomic E-state index is 5.38. The molecule has 0 saturated heterocycles. The molecule has 2 rings (SSSR count). The van der Waals surface area contributed by atoms with E-state index in [9.17, 15) is 0 Å². The minimum absolute atomic E-state index is 0.569. The molecule has 0 fully saturated rings. The Labute approximate surface area is 112 Å². The second-order valence-corrected chi connectivity index (χ2v) is 4.12. The Kier molecular flexibility index (Phi) is 4.27. The minimum atomic E-state index is 0.569. The number of ether oxygens (including phenoxy) is 1. The van der Waals surface area contributed by atoms with E-state index in [1.807, 2.05) is 27.0 Å². The lowest BCUT2D eigenvalue weighted by Gasteiger charge is -2.07. The molecule has 0 bridgehead atoms. The second kappa shape index (κ2) is 6.12. The summed E-state index contributed by atoms with van der Waals surface area (Å²) < 4.78 is 7.06. The van der Waals surface area contributed by atoms with E-state index in [2.05, 4.69) is 25.4 Å². The first-order chi connectivity index (χ1) is 9.17. The average molecular weight is 262 g/mol. The summed E-state index contributed by atoms with van der Waals surface area (Å²) in [4.78, 5) is 12.7. The van der Waals surface area contributed by atoms with E-state index in [0.717, 1.165) is 17.9 Å². The molecule has 0 radical (unpaired) electrons. The highest BCUT2D eigenvalue weighted by molar-refractivity contribution is 5.30. The van der Waals surface area contributed by atoms with Gasteiger partial charge >= 0.3 is 0 Å². The van der Waals surface area contributed by atoms with Crippen LogP contribution in [0.1, 0.15) is 18.4 Å². The van der Waals surface area contributed by atoms with Crippen molar-refractivity contribution in [2.75, 3.05) is 18.5 Å². The molecule has 2 heterocycles. The molecule has 2 aromatic rings. The molecule has 0 unspecified atom stereocenters. The van der Waals surface area contributed by atoms with E-state index in [-0.39, 0.29) is 0 Å². The number of nitrogens with one attached hydrogen (secondary N) is 1. The van der Waals surface area contributed by atoms with Crippen molar-refractivity contribution in [1.82, 2.24) is 24.7 Å². The van der Waals surface area contributed by atoms with Gasteiger partial charge in [0.05, 0.1) is 6.61 Å². The molecule has 7 nitrogen and oxygen atoms in total. The molecule has 7 heteroatoms. The van der Waals surface area contributed by atoms with Crippen LogP contribution in [0.3, 0.4) is 0 Å². The molecule has 0 aliphatic carbocycles. The fourth-order valence-electron chi connectivity index (χ4n) is 1.63. The van der Waals surface area contributed by atoms with Crippen molar-refractivity contribution >= 4 is 5.95 Å². The highest BCUT2D eigenvalue weighted by Gasteiger charge is 2.03. The molecule has 0 aromatic carbocycles. The van der Waals surface area contributed by atoms with Crippen molar-refractivity contribution < 1.29 is 4.74 Å². The quantitative estimate of drug-likeness (QED) is 0.835. The largest absolute Gasteiger partial charge is 0.478 e. The lowest BCUT2D eigenvalue weighted by atomic mass is 10.4. The summed E-state index contributed by atoms with van der Waals surface area (Å²) in [5.74, 6) is 1.96. The van der Waals surface area contributed by atoms with Crippen molar-refractivity contribution in [2.24, 2.45) is 7.05 Å². The molecule has 0 spiro atoms. The number of aryl methyl sites for hydroxylation is 2. The molecule has 0 saturated carbocycles. The summed E-state index contributed by atoms with van der Waals surface area (Å²) in [6.07, 6.45) is 2.41. The highest BCUT2D eigenvalue weighted by atomic mass is 16.5. The zero-order chi connectivity index (χ0) is 13.7. The molecule has 19 heavy (non-hydrogen) atoms. The van der Waals surface area contributed by atoms with Gasteiger partial charge < -0.3 is 10.1 Å². The minimum Gasteiger partial charge on any atom is -0.478 e. The number of hydrogen-bond donors (Lipinski definition) is 1. The van der Waals surface area contributed by atoms with Gasteiger partial charge in [-0.15, -0.1) is 0 Å². The second-order valence-electron chi connectivity index (χ2n) is 4.12. The molecule has 2 aromatic heterocycles. The summed E-state index contributed by atoms with van der Waals surface area (Å²) in [5, 5.41) is 7.36. The Bertz CT molecular complexity index is 539. The van der Waals surface area contributed by atoms with Gasteiger partial charge in [-0.2, -0.15) is 10.1 Å². The smallest absolute Gasteiger partial charge is 0.226 e. The monoisotopic (exact) mass is 262 g/mol. The van der Waals surface area contributed by atoms with Crippen LogP contribution in [0, 0.1) is 6.92 Å². The van der Waals surface area contributed by atoms with Crippen molar-refractivity contribution in [1.29, 1.82) is 0 Å². The molecular formula is C12H18N6O. The van der Waals surface area contributed by atoms with E-state index in [1.165, 1.54) is 0 Å². The van der Waals surface area contributed by atoms with Gasteiger partial charge in [0.1, 0.15) is 6.33 Å². The number of nitrogens with zero attached hydrogens (tertiary/aromatic N) is 5. The van der Waals surface area contributed by atoms with Crippen LogP contribution in [0.5, 0.6) is 5.88 Å². The topological polar surface area (TPSA) is 77.8 Å². The third-order valence-electron chi connectivity index (χ3n) is 2.40. The lowest BCUT2D eigenvalue weighted by molar-refractivity contribution is 0.326. The van der Waals surface area contributed by atoms with E-state index in [0.29, 0.717) is 25.0 Å². The van der Waals surface area contributed by atoms with Crippen LogP contribution in [0.4, 0.5) is 5.95 Å². The van der Waals surface area contributed by atoms with Crippen LogP contribution < -0.4 is 10.1 Å². The molecule has 0 amide bonds. The Hall–Kier alpha value is -2.18. The van der Waals surface area contributed by atoms with Gasteiger partial charge in [0, 0.05) is 31.8 Å². The number of anilines is 1. The molecule has 0 aliphatic heterocycles. The first-order valence-electron chi connectivity index (χ1n) is 6.24. The molecule has 1 N–H and O–H groups in total. The van der Waals surface area contributed by atoms with Crippen molar-refractivity contribution in [3.8, 4) is 5.88 Å². The number of rotatable bonds is 6. The Morgan fingerprint density at radius 3 is 2.89 bits per heavy atom. The van der Waals surface area contributed by atoms with Gasteiger partial charge in [0.25, 0.3) is 0 Å². The van der Waals surface area contributed by atoms with Gasteiger partial charge in [0.15, 0.2) is 5.82 Å². The van der Waals surface area contributed by atoms with Gasteiger partial charge in [-0.05, 0) is 13.8 Å². The van der Waals surface area contributed by atoms with Gasteiger partial charge in [-0.1, -0.05) is 0 Å². The third-order valence-corrected chi connectivity index (χ3v) is 2.40. The predicted molar refractivity (Wildman–Crippen MR) is 71.1 cm³/mol. The summed E-state index contributed by atoms with van der Waals surface area (Å²) in [6, 6.07) is 1.81. The van der Waals surface area contributed by atoms with Crippen LogP contribution in [0.2, 0.25) is 0 Å². The fourth-order valence-corrected chi connectivity index (χ4v) is 1.63. The lowest BCUT2D eigenvalue weighted by Crippen LogP contribution is -2.10. The van der Waals surface area contributed by atoms with Crippen LogP contribution in [0.25, 0.3) is 0 Å². The van der Waals surface area contributed by atoms with Crippen molar-refractivity contribution in [3.05, 3.63) is 23.9 Å². The standard InChI is InChI=1S/C12H18N6O/c1-4-19-11-7-9(2)15-12(16-11)13-6-5-10-14-8-18(3)17-10/h7-8H,4-6H2,1-3H3,(H,13,15,16). The van der Waals surface area contributed by atoms with E-state index in [1.54, 1.807) is 11.0 Å². The molecular weight excluding hydrogens is 244 g/mol. The average Bonchev–Trinajstić information content (AvgIpc) is 2.75. The fraction of sp³-hybridized carbons (Fsp3) is 0.500. The molecule has 102 valence electrons. The van der Waals surface area contributed by atoms with Crippen LogP contribution in [-0.2, 0) is 13.5 Å². The summed E-state index contributed by atoms with van der Waals surface area (Å²) in [6.45, 7) is 5.11. The Balaban J connectivity index is 1.91. The highest BCUT2D eigenvalue weighted by Crippen LogP contribution is 2.11. The Morgan fingerprint density at radius 2 is 2.21 bits per heavy atom. The van der Waals surface area contributed by atoms with E-state index >= 15 is 0 Å². The number of aromatic nitrogens is 5. The van der Waals surface area contributed by atoms with E-state index in [4.69, 9.17) is 4.74 Å². The molecule has 0 aliphatic rings. The number of hydrogen-bond acceptors (Lipinski definition) is 6. The summed E-state index contributed by atoms with van der Waals surface area (Å²) in [5.41, 5.74) is 0.872. The van der Waals surface area contributed by atoms with Crippen LogP contribution in [0.15, 0.2) is 12.4 Å². The van der Waals surface area contributed by atoms with E-state index < -0.39 is 0 Å². The van der Waals surface area contributed by atoms with Crippen LogP contribution >= 0.6 is 0 Å². The SMILES string of the molecule is CCOc1cc(C)nc(NCCc2ncn(C)n2)n1. The third kappa shape index (κ3) is 3.90. The zero-order valence-corrected chi connectivity index (χ0v) is 11.4. The normalized spacial score (nSPS) is 10.5.